The summed E-state index contributed by atoms with van der Waals surface area (Å²) in [5.41, 5.74) is 2.14. The molecule has 0 saturated carbocycles. The quantitative estimate of drug-likeness (QED) is 0.612. The van der Waals surface area contributed by atoms with Gasteiger partial charge in [-0.3, -0.25) is 4.79 Å². The zero-order valence-electron chi connectivity index (χ0n) is 14.5. The van der Waals surface area contributed by atoms with Crippen LogP contribution >= 0.6 is 0 Å². The van der Waals surface area contributed by atoms with Crippen molar-refractivity contribution in [3.8, 4) is 23.0 Å². The average molecular weight is 356 g/mol. The Bertz CT molecular complexity index is 842. The van der Waals surface area contributed by atoms with E-state index in [1.807, 2.05) is 6.07 Å². The van der Waals surface area contributed by atoms with Crippen molar-refractivity contribution >= 4 is 12.4 Å². The number of rotatable bonds is 6. The van der Waals surface area contributed by atoms with E-state index in [9.17, 15) is 15.0 Å². The van der Waals surface area contributed by atoms with Crippen molar-refractivity contribution in [1.29, 1.82) is 0 Å². The smallest absolute Gasteiger partial charge is 0.165 e. The molecule has 0 amide bonds. The normalized spacial score (nSPS) is 18.4. The summed E-state index contributed by atoms with van der Waals surface area (Å²) in [4.78, 5) is 10.5. The summed E-state index contributed by atoms with van der Waals surface area (Å²) in [7, 11) is 3.11. The number of ether oxygens (including phenoxy) is 3. The number of aldehydes is 1. The number of benzene rings is 2. The lowest BCUT2D eigenvalue weighted by Gasteiger charge is -2.19. The molecule has 0 radical (unpaired) electrons. The Kier molecular flexibility index (Phi) is 5.14. The number of methoxy groups -OCH3 is 2. The van der Waals surface area contributed by atoms with E-state index in [0.29, 0.717) is 34.7 Å². The number of phenols is 1. The van der Waals surface area contributed by atoms with Crippen molar-refractivity contribution in [3.05, 3.63) is 53.1 Å². The highest BCUT2D eigenvalue weighted by atomic mass is 16.5. The van der Waals surface area contributed by atoms with Gasteiger partial charge in [0, 0.05) is 5.56 Å². The fraction of sp³-hybridized carbons (Fsp3) is 0.250. The molecule has 136 valence electrons. The zero-order valence-corrected chi connectivity index (χ0v) is 14.5. The van der Waals surface area contributed by atoms with Gasteiger partial charge in [-0.1, -0.05) is 12.1 Å². The molecule has 2 aromatic carbocycles. The van der Waals surface area contributed by atoms with Gasteiger partial charge in [0.15, 0.2) is 23.0 Å². The standard InChI is InChI=1S/C20H20O6/c1-24-17-6-5-13(10-18(17)25-2)19-15(11-22)14-8-12(4-3-7-21)9-16(23)20(14)26-19/h3-10,15,19,22-23H,11H2,1-2H3/t15-,19-/m0/s1. The van der Waals surface area contributed by atoms with E-state index in [-0.39, 0.29) is 18.3 Å². The molecule has 1 heterocycles. The lowest BCUT2D eigenvalue weighted by Crippen LogP contribution is -2.13. The van der Waals surface area contributed by atoms with E-state index in [4.69, 9.17) is 14.2 Å². The van der Waals surface area contributed by atoms with Crippen LogP contribution in [0, 0.1) is 0 Å². The molecular formula is C20H20O6. The highest BCUT2D eigenvalue weighted by molar-refractivity contribution is 5.75. The SMILES string of the molecule is COc1ccc([C@@H]2Oc3c(O)cc(C=CC=O)cc3[C@@H]2CO)cc1OC. The van der Waals surface area contributed by atoms with Crippen molar-refractivity contribution in [3.63, 3.8) is 0 Å². The molecule has 0 spiro atoms. The molecule has 2 atom stereocenters. The zero-order chi connectivity index (χ0) is 18.7. The fourth-order valence-corrected chi connectivity index (χ4v) is 3.20. The second-order valence-electron chi connectivity index (χ2n) is 5.90. The Balaban J connectivity index is 2.02. The molecule has 0 aliphatic carbocycles. The second-order valence-corrected chi connectivity index (χ2v) is 5.90. The summed E-state index contributed by atoms with van der Waals surface area (Å²) in [6, 6.07) is 8.72. The van der Waals surface area contributed by atoms with Gasteiger partial charge in [-0.25, -0.2) is 0 Å². The third kappa shape index (κ3) is 3.11. The Morgan fingerprint density at radius 3 is 2.58 bits per heavy atom. The van der Waals surface area contributed by atoms with Crippen LogP contribution in [0.5, 0.6) is 23.0 Å². The van der Waals surface area contributed by atoms with E-state index in [0.717, 1.165) is 5.56 Å². The molecule has 1 aliphatic heterocycles. The summed E-state index contributed by atoms with van der Waals surface area (Å²) in [6.07, 6.45) is 3.12. The highest BCUT2D eigenvalue weighted by Crippen LogP contribution is 2.51. The number of carbonyl (C=O) groups is 1. The number of fused-ring (bicyclic) bond motifs is 1. The van der Waals surface area contributed by atoms with E-state index in [2.05, 4.69) is 0 Å². The van der Waals surface area contributed by atoms with Crippen LogP contribution in [0.4, 0.5) is 0 Å². The maximum atomic E-state index is 10.5. The van der Waals surface area contributed by atoms with Crippen molar-refractivity contribution < 1.29 is 29.2 Å². The number of aliphatic hydroxyl groups is 1. The highest BCUT2D eigenvalue weighted by Gasteiger charge is 2.37. The summed E-state index contributed by atoms with van der Waals surface area (Å²) in [5, 5.41) is 20.2. The molecule has 2 aromatic rings. The summed E-state index contributed by atoms with van der Waals surface area (Å²) >= 11 is 0. The first-order valence-corrected chi connectivity index (χ1v) is 8.11. The Labute approximate surface area is 151 Å². The first-order valence-electron chi connectivity index (χ1n) is 8.11. The van der Waals surface area contributed by atoms with Crippen molar-refractivity contribution in [2.45, 2.75) is 12.0 Å². The number of aliphatic hydroxyl groups excluding tert-OH is 1. The topological polar surface area (TPSA) is 85.2 Å². The van der Waals surface area contributed by atoms with Gasteiger partial charge in [-0.05, 0) is 41.5 Å². The third-order valence-electron chi connectivity index (χ3n) is 4.43. The van der Waals surface area contributed by atoms with E-state index >= 15 is 0 Å². The first kappa shape index (κ1) is 17.8. The van der Waals surface area contributed by atoms with Gasteiger partial charge in [0.25, 0.3) is 0 Å². The van der Waals surface area contributed by atoms with Crippen molar-refractivity contribution in [1.82, 2.24) is 0 Å². The van der Waals surface area contributed by atoms with Gasteiger partial charge in [-0.2, -0.15) is 0 Å². The Morgan fingerprint density at radius 1 is 1.15 bits per heavy atom. The van der Waals surface area contributed by atoms with Crippen LogP contribution in [0.3, 0.4) is 0 Å². The summed E-state index contributed by atoms with van der Waals surface area (Å²) in [5.74, 6) is 1.09. The molecule has 26 heavy (non-hydrogen) atoms. The van der Waals surface area contributed by atoms with Crippen LogP contribution in [0.2, 0.25) is 0 Å². The molecule has 0 bridgehead atoms. The molecule has 2 N–H and O–H groups in total. The molecule has 3 rings (SSSR count). The predicted molar refractivity (Wildman–Crippen MR) is 95.9 cm³/mol. The van der Waals surface area contributed by atoms with Crippen LogP contribution < -0.4 is 14.2 Å². The molecule has 6 nitrogen and oxygen atoms in total. The van der Waals surface area contributed by atoms with Gasteiger partial charge < -0.3 is 24.4 Å². The lowest BCUT2D eigenvalue weighted by atomic mass is 9.90. The Morgan fingerprint density at radius 2 is 1.92 bits per heavy atom. The van der Waals surface area contributed by atoms with E-state index in [1.54, 1.807) is 38.5 Å². The third-order valence-corrected chi connectivity index (χ3v) is 4.43. The van der Waals surface area contributed by atoms with Crippen molar-refractivity contribution in [2.75, 3.05) is 20.8 Å². The predicted octanol–water partition coefficient (Wildman–Crippen LogP) is 2.83. The van der Waals surface area contributed by atoms with Gasteiger partial charge in [0.2, 0.25) is 0 Å². The minimum Gasteiger partial charge on any atom is -0.504 e. The van der Waals surface area contributed by atoms with Gasteiger partial charge in [0.05, 0.1) is 26.7 Å². The van der Waals surface area contributed by atoms with Crippen LogP contribution in [0.15, 0.2) is 36.4 Å². The first-order chi connectivity index (χ1) is 12.6. The monoisotopic (exact) mass is 356 g/mol. The molecule has 1 aliphatic rings. The summed E-state index contributed by atoms with van der Waals surface area (Å²) in [6.45, 7) is -0.160. The van der Waals surface area contributed by atoms with E-state index < -0.39 is 6.10 Å². The fourth-order valence-electron chi connectivity index (χ4n) is 3.20. The molecule has 0 aromatic heterocycles. The number of aromatic hydroxyl groups is 1. The lowest BCUT2D eigenvalue weighted by molar-refractivity contribution is -0.104. The van der Waals surface area contributed by atoms with Gasteiger partial charge in [-0.15, -0.1) is 0 Å². The molecule has 0 fully saturated rings. The molecule has 0 unspecified atom stereocenters. The summed E-state index contributed by atoms with van der Waals surface area (Å²) < 4.78 is 16.5. The van der Waals surface area contributed by atoms with Gasteiger partial charge in [0.1, 0.15) is 12.4 Å². The van der Waals surface area contributed by atoms with Crippen LogP contribution in [-0.4, -0.2) is 37.3 Å². The molecule has 0 saturated heterocycles. The van der Waals surface area contributed by atoms with Crippen LogP contribution in [0.1, 0.15) is 28.7 Å². The maximum absolute atomic E-state index is 10.5. The minimum absolute atomic E-state index is 0.0329. The number of hydrogen-bond donors (Lipinski definition) is 2. The number of allylic oxidation sites excluding steroid dienone is 1. The number of carbonyl (C=O) groups excluding carboxylic acids is 1. The number of phenolic OH excluding ortho intramolecular Hbond substituents is 1. The van der Waals surface area contributed by atoms with E-state index in [1.165, 1.54) is 12.1 Å². The second kappa shape index (κ2) is 7.49. The molecule has 6 heteroatoms. The maximum Gasteiger partial charge on any atom is 0.165 e. The van der Waals surface area contributed by atoms with Crippen LogP contribution in [0.25, 0.3) is 6.08 Å². The average Bonchev–Trinajstić information content (AvgIpc) is 3.04. The minimum atomic E-state index is -0.481. The van der Waals surface area contributed by atoms with Gasteiger partial charge >= 0.3 is 0 Å². The molecular weight excluding hydrogens is 336 g/mol. The largest absolute Gasteiger partial charge is 0.504 e. The van der Waals surface area contributed by atoms with Crippen LogP contribution in [-0.2, 0) is 4.79 Å². The Hall–Kier alpha value is -2.99. The number of hydrogen-bond acceptors (Lipinski definition) is 6. The van der Waals surface area contributed by atoms with Crippen molar-refractivity contribution in [2.24, 2.45) is 0 Å².